The molecule has 2 aromatic carbocycles. The zero-order valence-electron chi connectivity index (χ0n) is 10.4. The number of halogens is 1. The van der Waals surface area contributed by atoms with Gasteiger partial charge in [0, 0.05) is 12.6 Å². The van der Waals surface area contributed by atoms with E-state index < -0.39 is 0 Å². The van der Waals surface area contributed by atoms with E-state index in [1.165, 1.54) is 12.1 Å². The fourth-order valence-electron chi connectivity index (χ4n) is 2.09. The summed E-state index contributed by atoms with van der Waals surface area (Å²) in [5, 5.41) is 8.03. The summed E-state index contributed by atoms with van der Waals surface area (Å²) in [6.07, 6.45) is 1.66. The molecule has 0 atom stereocenters. The molecule has 0 saturated carbocycles. The van der Waals surface area contributed by atoms with Crippen molar-refractivity contribution in [3.63, 3.8) is 0 Å². The van der Waals surface area contributed by atoms with Crippen molar-refractivity contribution >= 4 is 0 Å². The van der Waals surface area contributed by atoms with Gasteiger partial charge >= 0.3 is 0 Å². The largest absolute Gasteiger partial charge is 0.317 e. The molecule has 0 fully saturated rings. The smallest absolute Gasteiger partial charge is 0.164 e. The maximum atomic E-state index is 13.0. The second-order valence-corrected chi connectivity index (χ2v) is 4.32. The fourth-order valence-corrected chi connectivity index (χ4v) is 2.09. The van der Waals surface area contributed by atoms with Crippen LogP contribution in [-0.4, -0.2) is 14.8 Å². The standard InChI is InChI=1S/C15H12FN3/c1-19-10-17-18-15(19)14-5-3-2-4-13(14)11-6-8-12(16)9-7-11/h2-10H,1H3. The van der Waals surface area contributed by atoms with E-state index in [0.717, 1.165) is 22.5 Å². The third-order valence-corrected chi connectivity index (χ3v) is 3.03. The van der Waals surface area contributed by atoms with Gasteiger partial charge in [0.2, 0.25) is 0 Å². The van der Waals surface area contributed by atoms with Crippen LogP contribution in [0.25, 0.3) is 22.5 Å². The number of aromatic nitrogens is 3. The van der Waals surface area contributed by atoms with Crippen LogP contribution in [0.4, 0.5) is 4.39 Å². The van der Waals surface area contributed by atoms with Crippen LogP contribution in [0.3, 0.4) is 0 Å². The lowest BCUT2D eigenvalue weighted by atomic mass is 9.99. The Morgan fingerprint density at radius 1 is 0.947 bits per heavy atom. The second kappa shape index (κ2) is 4.65. The van der Waals surface area contributed by atoms with E-state index in [1.807, 2.05) is 35.9 Å². The molecule has 94 valence electrons. The molecule has 0 N–H and O–H groups in total. The monoisotopic (exact) mass is 253 g/mol. The average molecular weight is 253 g/mol. The summed E-state index contributed by atoms with van der Waals surface area (Å²) in [6.45, 7) is 0. The maximum Gasteiger partial charge on any atom is 0.164 e. The number of nitrogens with zero attached hydrogens (tertiary/aromatic N) is 3. The van der Waals surface area contributed by atoms with E-state index in [-0.39, 0.29) is 5.82 Å². The van der Waals surface area contributed by atoms with Gasteiger partial charge in [-0.1, -0.05) is 36.4 Å². The Kier molecular flexibility index (Phi) is 2.83. The number of benzene rings is 2. The Morgan fingerprint density at radius 2 is 1.63 bits per heavy atom. The van der Waals surface area contributed by atoms with Gasteiger partial charge in [0.05, 0.1) is 0 Å². The lowest BCUT2D eigenvalue weighted by Gasteiger charge is -2.08. The van der Waals surface area contributed by atoms with Gasteiger partial charge in [-0.2, -0.15) is 0 Å². The Labute approximate surface area is 110 Å². The molecule has 0 saturated heterocycles. The minimum atomic E-state index is -0.236. The third kappa shape index (κ3) is 2.12. The van der Waals surface area contributed by atoms with Gasteiger partial charge < -0.3 is 4.57 Å². The van der Waals surface area contributed by atoms with Gasteiger partial charge in [0.1, 0.15) is 12.1 Å². The molecule has 3 nitrogen and oxygen atoms in total. The molecular formula is C15H12FN3. The zero-order chi connectivity index (χ0) is 13.2. The topological polar surface area (TPSA) is 30.7 Å². The van der Waals surface area contributed by atoms with E-state index in [1.54, 1.807) is 18.5 Å². The van der Waals surface area contributed by atoms with E-state index in [4.69, 9.17) is 0 Å². The first kappa shape index (κ1) is 11.6. The predicted octanol–water partition coefficient (Wildman–Crippen LogP) is 3.29. The van der Waals surface area contributed by atoms with Crippen molar-refractivity contribution in [2.24, 2.45) is 7.05 Å². The SMILES string of the molecule is Cn1cnnc1-c1ccccc1-c1ccc(F)cc1. The van der Waals surface area contributed by atoms with Crippen molar-refractivity contribution < 1.29 is 4.39 Å². The van der Waals surface area contributed by atoms with Crippen LogP contribution in [0.5, 0.6) is 0 Å². The average Bonchev–Trinajstić information content (AvgIpc) is 2.86. The highest BCUT2D eigenvalue weighted by Crippen LogP contribution is 2.30. The zero-order valence-corrected chi connectivity index (χ0v) is 10.4. The summed E-state index contributed by atoms with van der Waals surface area (Å²) < 4.78 is 14.9. The molecule has 0 unspecified atom stereocenters. The Morgan fingerprint density at radius 3 is 2.26 bits per heavy atom. The normalized spacial score (nSPS) is 10.6. The molecule has 1 heterocycles. The number of hydrogen-bond donors (Lipinski definition) is 0. The van der Waals surface area contributed by atoms with Gasteiger partial charge in [-0.25, -0.2) is 4.39 Å². The Bertz CT molecular complexity index is 701. The van der Waals surface area contributed by atoms with Crippen LogP contribution >= 0.6 is 0 Å². The van der Waals surface area contributed by atoms with Gasteiger partial charge in [-0.15, -0.1) is 10.2 Å². The van der Waals surface area contributed by atoms with Crippen molar-refractivity contribution in [1.29, 1.82) is 0 Å². The van der Waals surface area contributed by atoms with Gasteiger partial charge in [0.25, 0.3) is 0 Å². The predicted molar refractivity (Wildman–Crippen MR) is 71.8 cm³/mol. The van der Waals surface area contributed by atoms with Crippen LogP contribution < -0.4 is 0 Å². The maximum absolute atomic E-state index is 13.0. The van der Waals surface area contributed by atoms with Crippen molar-refractivity contribution in [1.82, 2.24) is 14.8 Å². The minimum absolute atomic E-state index is 0.236. The molecule has 0 aliphatic heterocycles. The van der Waals surface area contributed by atoms with Crippen molar-refractivity contribution in [3.05, 3.63) is 60.7 Å². The summed E-state index contributed by atoms with van der Waals surface area (Å²) in [6, 6.07) is 14.4. The highest BCUT2D eigenvalue weighted by atomic mass is 19.1. The van der Waals surface area contributed by atoms with Crippen LogP contribution in [0.2, 0.25) is 0 Å². The molecule has 3 aromatic rings. The molecule has 0 spiro atoms. The molecule has 4 heteroatoms. The highest BCUT2D eigenvalue weighted by Gasteiger charge is 2.11. The van der Waals surface area contributed by atoms with Crippen LogP contribution in [0.1, 0.15) is 0 Å². The Hall–Kier alpha value is -2.49. The van der Waals surface area contributed by atoms with Crippen molar-refractivity contribution in [2.75, 3.05) is 0 Å². The van der Waals surface area contributed by atoms with E-state index in [0.29, 0.717) is 0 Å². The van der Waals surface area contributed by atoms with E-state index >= 15 is 0 Å². The first-order valence-electron chi connectivity index (χ1n) is 5.95. The molecule has 3 rings (SSSR count). The molecule has 1 aromatic heterocycles. The second-order valence-electron chi connectivity index (χ2n) is 4.32. The van der Waals surface area contributed by atoms with Crippen molar-refractivity contribution in [3.8, 4) is 22.5 Å². The van der Waals surface area contributed by atoms with Gasteiger partial charge in [0.15, 0.2) is 5.82 Å². The number of aryl methyl sites for hydroxylation is 1. The summed E-state index contributed by atoms with van der Waals surface area (Å²) >= 11 is 0. The first-order chi connectivity index (χ1) is 9.25. The van der Waals surface area contributed by atoms with Gasteiger partial charge in [-0.05, 0) is 23.3 Å². The summed E-state index contributed by atoms with van der Waals surface area (Å²) in [7, 11) is 1.90. The molecule has 0 amide bonds. The number of hydrogen-bond acceptors (Lipinski definition) is 2. The summed E-state index contributed by atoms with van der Waals surface area (Å²) in [5.41, 5.74) is 2.95. The van der Waals surface area contributed by atoms with Crippen LogP contribution in [0, 0.1) is 5.82 Å². The molecule has 19 heavy (non-hydrogen) atoms. The van der Waals surface area contributed by atoms with E-state index in [2.05, 4.69) is 10.2 Å². The molecule has 0 aliphatic carbocycles. The molecule has 0 bridgehead atoms. The minimum Gasteiger partial charge on any atom is -0.317 e. The van der Waals surface area contributed by atoms with Crippen LogP contribution in [0.15, 0.2) is 54.9 Å². The molecule has 0 aliphatic rings. The molecular weight excluding hydrogens is 241 g/mol. The third-order valence-electron chi connectivity index (χ3n) is 3.03. The summed E-state index contributed by atoms with van der Waals surface area (Å²) in [4.78, 5) is 0. The van der Waals surface area contributed by atoms with Gasteiger partial charge in [-0.3, -0.25) is 0 Å². The quantitative estimate of drug-likeness (QED) is 0.701. The molecule has 0 radical (unpaired) electrons. The van der Waals surface area contributed by atoms with Crippen molar-refractivity contribution in [2.45, 2.75) is 0 Å². The highest BCUT2D eigenvalue weighted by molar-refractivity contribution is 5.80. The number of rotatable bonds is 2. The lowest BCUT2D eigenvalue weighted by Crippen LogP contribution is -1.93. The summed E-state index contributed by atoms with van der Waals surface area (Å²) in [5.74, 6) is 0.555. The van der Waals surface area contributed by atoms with Crippen LogP contribution in [-0.2, 0) is 7.05 Å². The fraction of sp³-hybridized carbons (Fsp3) is 0.0667. The van der Waals surface area contributed by atoms with E-state index in [9.17, 15) is 4.39 Å². The first-order valence-corrected chi connectivity index (χ1v) is 5.95. The Balaban J connectivity index is 2.18. The lowest BCUT2D eigenvalue weighted by molar-refractivity contribution is 0.628.